The number of halogens is 2. The smallest absolute Gasteiger partial charge is 0.284 e. The van der Waals surface area contributed by atoms with Crippen LogP contribution in [0.15, 0.2) is 11.6 Å². The van der Waals surface area contributed by atoms with Gasteiger partial charge in [0.1, 0.15) is 0 Å². The molecular formula is C22H33F2N. The van der Waals surface area contributed by atoms with Crippen LogP contribution in [-0.4, -0.2) is 18.0 Å². The van der Waals surface area contributed by atoms with Crippen LogP contribution in [0, 0.1) is 28.6 Å². The van der Waals surface area contributed by atoms with Gasteiger partial charge in [0.25, 0.3) is 5.92 Å². The highest BCUT2D eigenvalue weighted by Gasteiger charge is 2.62. The minimum atomic E-state index is -2.66. The van der Waals surface area contributed by atoms with Crippen molar-refractivity contribution >= 4 is 0 Å². The molecule has 0 saturated heterocycles. The lowest BCUT2D eigenvalue weighted by Crippen LogP contribution is -2.58. The van der Waals surface area contributed by atoms with Gasteiger partial charge in [-0.1, -0.05) is 26.3 Å². The van der Waals surface area contributed by atoms with E-state index in [9.17, 15) is 0 Å². The number of rotatable bonds is 2. The third kappa shape index (κ3) is 2.33. The molecule has 6 atom stereocenters. The fraction of sp³-hybridized carbons (Fsp3) is 0.909. The Balaban J connectivity index is 1.47. The summed E-state index contributed by atoms with van der Waals surface area (Å²) in [5, 5.41) is 3.26. The fourth-order valence-corrected chi connectivity index (χ4v) is 7.46. The van der Waals surface area contributed by atoms with Gasteiger partial charge in [0, 0.05) is 11.6 Å². The zero-order valence-electron chi connectivity index (χ0n) is 15.8. The van der Waals surface area contributed by atoms with Gasteiger partial charge in [0.05, 0.1) is 6.04 Å². The fourth-order valence-electron chi connectivity index (χ4n) is 7.46. The van der Waals surface area contributed by atoms with Crippen molar-refractivity contribution in [3.63, 3.8) is 0 Å². The third-order valence-corrected chi connectivity index (χ3v) is 9.01. The first kappa shape index (κ1) is 16.7. The van der Waals surface area contributed by atoms with E-state index in [-0.39, 0.29) is 5.41 Å². The highest BCUT2D eigenvalue weighted by molar-refractivity contribution is 5.32. The molecule has 0 amide bonds. The molecule has 5 rings (SSSR count). The van der Waals surface area contributed by atoms with E-state index in [1.165, 1.54) is 32.1 Å². The Hall–Kier alpha value is -0.440. The SMILES string of the molecule is C[C@@]12CCC[C@H]1[C@@H]1CC=C3C(F)(F)C(NC4CC4)CC[C@]3(C)[C@H]1CC2. The predicted molar refractivity (Wildman–Crippen MR) is 96.6 cm³/mol. The van der Waals surface area contributed by atoms with Crippen LogP contribution >= 0.6 is 0 Å². The molecule has 0 aromatic rings. The Kier molecular flexibility index (Phi) is 3.54. The van der Waals surface area contributed by atoms with Gasteiger partial charge in [0.2, 0.25) is 0 Å². The minimum absolute atomic E-state index is 0.266. The number of allylic oxidation sites excluding steroid dienone is 1. The molecule has 4 fully saturated rings. The van der Waals surface area contributed by atoms with Crippen molar-refractivity contribution in [3.8, 4) is 0 Å². The molecule has 1 unspecified atom stereocenters. The van der Waals surface area contributed by atoms with E-state index in [0.717, 1.165) is 31.6 Å². The molecule has 1 N–H and O–H groups in total. The van der Waals surface area contributed by atoms with E-state index >= 15 is 8.78 Å². The highest BCUT2D eigenvalue weighted by Crippen LogP contribution is 2.66. The lowest BCUT2D eigenvalue weighted by Gasteiger charge is -2.58. The van der Waals surface area contributed by atoms with E-state index in [2.05, 4.69) is 19.2 Å². The van der Waals surface area contributed by atoms with Gasteiger partial charge in [-0.15, -0.1) is 0 Å². The lowest BCUT2D eigenvalue weighted by atomic mass is 9.47. The van der Waals surface area contributed by atoms with Gasteiger partial charge >= 0.3 is 0 Å². The second kappa shape index (κ2) is 5.30. The zero-order chi connectivity index (χ0) is 17.4. The molecule has 0 aromatic carbocycles. The molecule has 3 heteroatoms. The summed E-state index contributed by atoms with van der Waals surface area (Å²) in [5.74, 6) is -0.747. The third-order valence-electron chi connectivity index (χ3n) is 9.01. The van der Waals surface area contributed by atoms with Crippen molar-refractivity contribution in [1.82, 2.24) is 5.32 Å². The van der Waals surface area contributed by atoms with E-state index in [1.54, 1.807) is 0 Å². The van der Waals surface area contributed by atoms with Crippen molar-refractivity contribution in [3.05, 3.63) is 11.6 Å². The molecule has 0 heterocycles. The Bertz CT molecular complexity index is 595. The van der Waals surface area contributed by atoms with Gasteiger partial charge in [-0.25, -0.2) is 0 Å². The van der Waals surface area contributed by atoms with Crippen LogP contribution in [0.3, 0.4) is 0 Å². The first-order valence-corrected chi connectivity index (χ1v) is 10.7. The van der Waals surface area contributed by atoms with Gasteiger partial charge < -0.3 is 5.32 Å². The average Bonchev–Trinajstić information content (AvgIpc) is 3.28. The van der Waals surface area contributed by atoms with E-state index in [1.807, 2.05) is 6.08 Å². The van der Waals surface area contributed by atoms with Crippen LogP contribution in [0.5, 0.6) is 0 Å². The number of nitrogens with one attached hydrogen (secondary N) is 1. The Morgan fingerprint density at radius 1 is 0.960 bits per heavy atom. The normalized spacial score (nSPS) is 51.3. The van der Waals surface area contributed by atoms with E-state index in [0.29, 0.717) is 35.3 Å². The second-order valence-electron chi connectivity index (χ2n) is 10.4. The predicted octanol–water partition coefficient (Wildman–Crippen LogP) is 5.71. The minimum Gasteiger partial charge on any atom is -0.306 e. The zero-order valence-corrected chi connectivity index (χ0v) is 15.8. The van der Waals surface area contributed by atoms with Crippen molar-refractivity contribution in [2.24, 2.45) is 28.6 Å². The van der Waals surface area contributed by atoms with Crippen molar-refractivity contribution < 1.29 is 8.78 Å². The number of hydrogen-bond donors (Lipinski definition) is 1. The first-order chi connectivity index (χ1) is 11.8. The number of fused-ring (bicyclic) bond motifs is 5. The standard InChI is InChI=1S/C22H33F2N/c1-20-11-3-4-16(20)15-7-8-18-21(2,17(15)9-12-20)13-10-19(22(18,23)24)25-14-5-6-14/h8,14-17,19,25H,3-7,9-13H2,1-2H3/t15-,16-,17-,19?,20-,21+/m0/s1. The van der Waals surface area contributed by atoms with Gasteiger partial charge in [0.15, 0.2) is 0 Å². The van der Waals surface area contributed by atoms with Gasteiger partial charge in [-0.3, -0.25) is 0 Å². The molecule has 0 aliphatic heterocycles. The van der Waals surface area contributed by atoms with Crippen LogP contribution in [0.25, 0.3) is 0 Å². The maximum absolute atomic E-state index is 15.4. The van der Waals surface area contributed by atoms with Crippen LogP contribution < -0.4 is 5.32 Å². The highest BCUT2D eigenvalue weighted by atomic mass is 19.3. The molecule has 4 saturated carbocycles. The van der Waals surface area contributed by atoms with Crippen LogP contribution in [0.1, 0.15) is 78.1 Å². The van der Waals surface area contributed by atoms with Crippen molar-refractivity contribution in [2.45, 2.75) is 96.1 Å². The summed E-state index contributed by atoms with van der Waals surface area (Å²) in [6, 6.07) is -0.276. The Morgan fingerprint density at radius 3 is 2.52 bits per heavy atom. The van der Waals surface area contributed by atoms with Gasteiger partial charge in [-0.05, 0) is 86.4 Å². The largest absolute Gasteiger partial charge is 0.306 e. The summed E-state index contributed by atoms with van der Waals surface area (Å²) >= 11 is 0. The van der Waals surface area contributed by atoms with Gasteiger partial charge in [-0.2, -0.15) is 8.78 Å². The Labute approximate surface area is 151 Å². The molecular weight excluding hydrogens is 316 g/mol. The summed E-state index contributed by atoms with van der Waals surface area (Å²) in [4.78, 5) is 0. The summed E-state index contributed by atoms with van der Waals surface area (Å²) in [6.07, 6.45) is 13.1. The molecule has 1 nitrogen and oxygen atoms in total. The maximum Gasteiger partial charge on any atom is 0.284 e. The molecule has 0 radical (unpaired) electrons. The Morgan fingerprint density at radius 2 is 1.76 bits per heavy atom. The molecule has 140 valence electrons. The topological polar surface area (TPSA) is 12.0 Å². The molecule has 0 aromatic heterocycles. The number of alkyl halides is 2. The van der Waals surface area contributed by atoms with Crippen LogP contribution in [0.4, 0.5) is 8.78 Å². The summed E-state index contributed by atoms with van der Waals surface area (Å²) < 4.78 is 30.8. The maximum atomic E-state index is 15.4. The molecule has 25 heavy (non-hydrogen) atoms. The molecule has 5 aliphatic rings. The average molecular weight is 350 g/mol. The van der Waals surface area contributed by atoms with E-state index in [4.69, 9.17) is 0 Å². The van der Waals surface area contributed by atoms with Crippen LogP contribution in [-0.2, 0) is 0 Å². The monoisotopic (exact) mass is 349 g/mol. The summed E-state index contributed by atoms with van der Waals surface area (Å²) in [6.45, 7) is 4.67. The molecule has 0 spiro atoms. The van der Waals surface area contributed by atoms with Crippen molar-refractivity contribution in [1.29, 1.82) is 0 Å². The van der Waals surface area contributed by atoms with Crippen LogP contribution in [0.2, 0.25) is 0 Å². The summed E-state index contributed by atoms with van der Waals surface area (Å²) in [5.41, 5.74) is 0.737. The molecule has 5 aliphatic carbocycles. The number of hydrogen-bond acceptors (Lipinski definition) is 1. The second-order valence-corrected chi connectivity index (χ2v) is 10.4. The van der Waals surface area contributed by atoms with Crippen molar-refractivity contribution in [2.75, 3.05) is 0 Å². The lowest BCUT2D eigenvalue weighted by molar-refractivity contribution is -0.0941. The first-order valence-electron chi connectivity index (χ1n) is 10.7. The van der Waals surface area contributed by atoms with E-state index < -0.39 is 12.0 Å². The quantitative estimate of drug-likeness (QED) is 0.630. The summed E-state index contributed by atoms with van der Waals surface area (Å²) in [7, 11) is 0. The molecule has 0 bridgehead atoms.